The van der Waals surface area contributed by atoms with Crippen molar-refractivity contribution in [3.8, 4) is 0 Å². The highest BCUT2D eigenvalue weighted by atomic mass is 32.2. The molecule has 0 bridgehead atoms. The van der Waals surface area contributed by atoms with Crippen molar-refractivity contribution in [3.05, 3.63) is 17.5 Å². The maximum absolute atomic E-state index is 12.6. The Morgan fingerprint density at radius 2 is 2.04 bits per heavy atom. The first-order chi connectivity index (χ1) is 12.7. The SMILES string of the molecule is CCc1cc(CNC(=NC)NCC2CCN(S(=O)(=O)C(F)(F)F)CC2)on1. The molecule has 1 fully saturated rings. The second kappa shape index (κ2) is 8.91. The predicted octanol–water partition coefficient (Wildman–Crippen LogP) is 1.46. The van der Waals surface area contributed by atoms with Crippen LogP contribution in [0.15, 0.2) is 15.6 Å². The summed E-state index contributed by atoms with van der Waals surface area (Å²) in [4.78, 5) is 4.08. The number of piperidine rings is 1. The fourth-order valence-corrected chi connectivity index (χ4v) is 3.72. The molecule has 0 radical (unpaired) electrons. The summed E-state index contributed by atoms with van der Waals surface area (Å²) >= 11 is 0. The van der Waals surface area contributed by atoms with Crippen molar-refractivity contribution in [2.45, 2.75) is 38.2 Å². The summed E-state index contributed by atoms with van der Waals surface area (Å²) in [6, 6.07) is 1.84. The highest BCUT2D eigenvalue weighted by Gasteiger charge is 2.50. The fourth-order valence-electron chi connectivity index (χ4n) is 2.74. The van der Waals surface area contributed by atoms with Crippen molar-refractivity contribution in [1.29, 1.82) is 0 Å². The molecule has 1 aromatic rings. The number of rotatable bonds is 6. The molecule has 0 aromatic carbocycles. The third-order valence-electron chi connectivity index (χ3n) is 4.39. The predicted molar refractivity (Wildman–Crippen MR) is 93.4 cm³/mol. The van der Waals surface area contributed by atoms with Crippen molar-refractivity contribution < 1.29 is 26.1 Å². The number of aliphatic imine (C=N–C) groups is 1. The van der Waals surface area contributed by atoms with Crippen LogP contribution in [0.2, 0.25) is 0 Å². The van der Waals surface area contributed by atoms with E-state index in [4.69, 9.17) is 4.52 Å². The molecule has 1 aliphatic rings. The van der Waals surface area contributed by atoms with E-state index in [2.05, 4.69) is 20.8 Å². The fraction of sp³-hybridized carbons (Fsp3) is 0.733. The minimum atomic E-state index is -5.25. The first kappa shape index (κ1) is 21.5. The Kier molecular flexibility index (Phi) is 7.09. The van der Waals surface area contributed by atoms with E-state index < -0.39 is 15.5 Å². The van der Waals surface area contributed by atoms with Crippen LogP contribution in [0.25, 0.3) is 0 Å². The van der Waals surface area contributed by atoms with Crippen LogP contribution in [0.5, 0.6) is 0 Å². The van der Waals surface area contributed by atoms with Gasteiger partial charge < -0.3 is 15.2 Å². The van der Waals surface area contributed by atoms with E-state index in [0.717, 1.165) is 12.1 Å². The topological polar surface area (TPSA) is 99.8 Å². The second-order valence-corrected chi connectivity index (χ2v) is 8.17. The quantitative estimate of drug-likeness (QED) is 0.543. The Morgan fingerprint density at radius 3 is 2.56 bits per heavy atom. The lowest BCUT2D eigenvalue weighted by Gasteiger charge is -2.31. The lowest BCUT2D eigenvalue weighted by molar-refractivity contribution is -0.0496. The number of sulfonamides is 1. The number of hydrogen-bond donors (Lipinski definition) is 2. The van der Waals surface area contributed by atoms with Gasteiger partial charge in [-0.2, -0.15) is 17.5 Å². The van der Waals surface area contributed by atoms with Crippen LogP contribution in [-0.4, -0.2) is 56.0 Å². The summed E-state index contributed by atoms with van der Waals surface area (Å²) in [5, 5.41) is 10.1. The van der Waals surface area contributed by atoms with Crippen molar-refractivity contribution in [2.75, 3.05) is 26.7 Å². The molecule has 27 heavy (non-hydrogen) atoms. The third-order valence-corrected chi connectivity index (χ3v) is 6.02. The Bertz CT molecular complexity index is 740. The Labute approximate surface area is 156 Å². The minimum absolute atomic E-state index is 0.0557. The molecule has 0 atom stereocenters. The molecule has 2 heterocycles. The first-order valence-electron chi connectivity index (χ1n) is 8.62. The van der Waals surface area contributed by atoms with Crippen molar-refractivity contribution in [2.24, 2.45) is 10.9 Å². The highest BCUT2D eigenvalue weighted by Crippen LogP contribution is 2.30. The molecule has 1 aliphatic heterocycles. The standard InChI is InChI=1S/C15H24F3N5O3S/c1-3-12-8-13(26-22-12)10-21-14(19-2)20-9-11-4-6-23(7-5-11)27(24,25)15(16,17)18/h8,11H,3-7,9-10H2,1-2H3,(H2,19,20,21). The summed E-state index contributed by atoms with van der Waals surface area (Å²) in [5.41, 5.74) is -4.39. The van der Waals surface area contributed by atoms with Crippen LogP contribution in [-0.2, 0) is 23.0 Å². The number of aromatic nitrogens is 1. The molecule has 2 N–H and O–H groups in total. The van der Waals surface area contributed by atoms with Crippen LogP contribution in [0.3, 0.4) is 0 Å². The van der Waals surface area contributed by atoms with Gasteiger partial charge in [0.25, 0.3) is 0 Å². The zero-order chi connectivity index (χ0) is 20.1. The summed E-state index contributed by atoms with van der Waals surface area (Å²) < 4.78 is 66.3. The van der Waals surface area contributed by atoms with Gasteiger partial charge in [0, 0.05) is 32.7 Å². The smallest absolute Gasteiger partial charge is 0.359 e. The molecule has 2 rings (SSSR count). The molecule has 0 unspecified atom stereocenters. The molecule has 0 aliphatic carbocycles. The van der Waals surface area contributed by atoms with E-state index >= 15 is 0 Å². The molecule has 0 spiro atoms. The zero-order valence-electron chi connectivity index (χ0n) is 15.2. The second-order valence-electron chi connectivity index (χ2n) is 6.24. The Morgan fingerprint density at radius 1 is 1.37 bits per heavy atom. The van der Waals surface area contributed by atoms with E-state index in [1.807, 2.05) is 13.0 Å². The van der Waals surface area contributed by atoms with E-state index in [1.54, 1.807) is 7.05 Å². The molecular weight excluding hydrogens is 387 g/mol. The molecule has 12 heteroatoms. The monoisotopic (exact) mass is 411 g/mol. The normalized spacial score (nSPS) is 17.9. The molecule has 1 aromatic heterocycles. The lowest BCUT2D eigenvalue weighted by Crippen LogP contribution is -2.47. The van der Waals surface area contributed by atoms with Gasteiger partial charge in [-0.3, -0.25) is 4.99 Å². The van der Waals surface area contributed by atoms with E-state index in [1.165, 1.54) is 0 Å². The average molecular weight is 411 g/mol. The van der Waals surface area contributed by atoms with Gasteiger partial charge in [0.1, 0.15) is 0 Å². The number of nitrogens with one attached hydrogen (secondary N) is 2. The highest BCUT2D eigenvalue weighted by molar-refractivity contribution is 7.90. The molecule has 154 valence electrons. The number of alkyl halides is 3. The summed E-state index contributed by atoms with van der Waals surface area (Å²) in [6.07, 6.45) is 1.47. The van der Waals surface area contributed by atoms with Gasteiger partial charge >= 0.3 is 15.5 Å². The van der Waals surface area contributed by atoms with Gasteiger partial charge in [0.15, 0.2) is 11.7 Å². The number of aryl methyl sites for hydroxylation is 1. The number of hydrogen-bond acceptors (Lipinski definition) is 5. The summed E-state index contributed by atoms with van der Waals surface area (Å²) in [7, 11) is -3.63. The Hall–Kier alpha value is -1.82. The Balaban J connectivity index is 1.76. The van der Waals surface area contributed by atoms with Crippen molar-refractivity contribution >= 4 is 16.0 Å². The third kappa shape index (κ3) is 5.58. The maximum atomic E-state index is 12.6. The van der Waals surface area contributed by atoms with E-state index in [0.29, 0.717) is 42.0 Å². The lowest BCUT2D eigenvalue weighted by atomic mass is 9.98. The van der Waals surface area contributed by atoms with E-state index in [-0.39, 0.29) is 19.0 Å². The van der Waals surface area contributed by atoms with Crippen molar-refractivity contribution in [3.63, 3.8) is 0 Å². The largest absolute Gasteiger partial charge is 0.511 e. The van der Waals surface area contributed by atoms with Gasteiger partial charge in [-0.1, -0.05) is 12.1 Å². The van der Waals surface area contributed by atoms with E-state index in [9.17, 15) is 21.6 Å². The number of halogens is 3. The molecule has 8 nitrogen and oxygen atoms in total. The molecular formula is C15H24F3N5O3S. The van der Waals surface area contributed by atoms with Gasteiger partial charge in [-0.05, 0) is 25.2 Å². The maximum Gasteiger partial charge on any atom is 0.511 e. The van der Waals surface area contributed by atoms with Crippen LogP contribution in [0.1, 0.15) is 31.2 Å². The van der Waals surface area contributed by atoms with Crippen LogP contribution in [0, 0.1) is 5.92 Å². The van der Waals surface area contributed by atoms with Gasteiger partial charge in [-0.15, -0.1) is 0 Å². The van der Waals surface area contributed by atoms with Gasteiger partial charge in [0.05, 0.1) is 12.2 Å². The zero-order valence-corrected chi connectivity index (χ0v) is 16.0. The van der Waals surface area contributed by atoms with Gasteiger partial charge in [0.2, 0.25) is 0 Å². The molecule has 0 amide bonds. The van der Waals surface area contributed by atoms with Crippen molar-refractivity contribution in [1.82, 2.24) is 20.1 Å². The van der Waals surface area contributed by atoms with Gasteiger partial charge in [-0.25, -0.2) is 8.42 Å². The number of nitrogens with zero attached hydrogens (tertiary/aromatic N) is 3. The minimum Gasteiger partial charge on any atom is -0.359 e. The summed E-state index contributed by atoms with van der Waals surface area (Å²) in [6.45, 7) is 2.57. The average Bonchev–Trinajstić information content (AvgIpc) is 3.09. The van der Waals surface area contributed by atoms with Crippen LogP contribution in [0.4, 0.5) is 13.2 Å². The first-order valence-corrected chi connectivity index (χ1v) is 10.1. The molecule has 0 saturated carbocycles. The molecule has 1 saturated heterocycles. The number of guanidine groups is 1. The summed E-state index contributed by atoms with van der Waals surface area (Å²) in [5.74, 6) is 1.25. The van der Waals surface area contributed by atoms with Crippen LogP contribution >= 0.6 is 0 Å². The van der Waals surface area contributed by atoms with Crippen LogP contribution < -0.4 is 10.6 Å².